The number of esters is 3. The molecule has 0 radical (unpaired) electrons. The Hall–Kier alpha value is -3.93. The van der Waals surface area contributed by atoms with Crippen molar-refractivity contribution in [3.63, 3.8) is 0 Å². The number of unbranched alkanes of at least 4 members (excludes halogenated alkanes) is 25. The molecule has 0 bridgehead atoms. The van der Waals surface area contributed by atoms with E-state index < -0.39 is 6.10 Å². The quantitative estimate of drug-likeness (QED) is 0.0261. The Bertz CT molecular complexity index is 1490. The predicted octanol–water partition coefficient (Wildman–Crippen LogP) is 20.7. The minimum atomic E-state index is -0.780. The summed E-state index contributed by atoms with van der Waals surface area (Å²) in [6, 6.07) is 0. The fourth-order valence-electron chi connectivity index (χ4n) is 8.22. The van der Waals surface area contributed by atoms with Crippen LogP contribution in [0, 0.1) is 0 Å². The lowest BCUT2D eigenvalue weighted by Gasteiger charge is -2.18. The highest BCUT2D eigenvalue weighted by Gasteiger charge is 2.19. The average Bonchev–Trinajstić information content (AvgIpc) is 3.39. The Labute approximate surface area is 450 Å². The highest BCUT2D eigenvalue weighted by atomic mass is 16.6. The molecule has 0 aromatic heterocycles. The van der Waals surface area contributed by atoms with Gasteiger partial charge in [0.1, 0.15) is 13.2 Å². The SMILES string of the molecule is CC/C=C\C/C=C\C/C=C\C/C=C\C/C=C\C/C=C\C/C=C\C/C=C\CCCCCCCCCCC(=O)OCC(COC(=O)CCCCCCC)OC(=O)CCCCCCCCC/C=C\CCCCCCCC. The van der Waals surface area contributed by atoms with Crippen LogP contribution in [0.15, 0.2) is 109 Å². The van der Waals surface area contributed by atoms with Gasteiger partial charge in [0.25, 0.3) is 0 Å². The highest BCUT2D eigenvalue weighted by Crippen LogP contribution is 2.15. The molecule has 1 unspecified atom stereocenters. The number of ether oxygens (including phenoxy) is 3. The standard InChI is InChI=1S/C67H112O6/c1-4-7-10-13-15-17-19-21-23-25-26-27-28-29-30-31-32-33-34-35-36-37-38-39-40-42-43-45-47-49-51-54-57-60-66(69)72-63-64(62-71-65(68)59-56-53-12-9-6-3)73-67(70)61-58-55-52-50-48-46-44-41-24-22-20-18-16-14-11-8-5-2/h7,10,15,17,21-24,26-27,29-30,32-33,35-36,38-39,64H,4-6,8-9,11-14,16,18-20,25,28,31,34,37,40-63H2,1-3H3/b10-7-,17-15-,23-21-,24-22-,27-26-,30-29-,33-32-,36-35-,39-38-. The van der Waals surface area contributed by atoms with Crippen molar-refractivity contribution in [2.45, 2.75) is 284 Å². The van der Waals surface area contributed by atoms with E-state index >= 15 is 0 Å². The van der Waals surface area contributed by atoms with Crippen LogP contribution in [-0.4, -0.2) is 37.2 Å². The first-order valence-corrected chi connectivity index (χ1v) is 30.4. The third-order valence-electron chi connectivity index (χ3n) is 12.8. The zero-order valence-corrected chi connectivity index (χ0v) is 47.6. The lowest BCUT2D eigenvalue weighted by molar-refractivity contribution is -0.167. The van der Waals surface area contributed by atoms with E-state index in [9.17, 15) is 14.4 Å². The van der Waals surface area contributed by atoms with Crippen molar-refractivity contribution in [2.24, 2.45) is 0 Å². The molecule has 0 aliphatic carbocycles. The van der Waals surface area contributed by atoms with E-state index in [-0.39, 0.29) is 31.1 Å². The van der Waals surface area contributed by atoms with Gasteiger partial charge in [0.05, 0.1) is 0 Å². The second-order valence-corrected chi connectivity index (χ2v) is 19.9. The minimum Gasteiger partial charge on any atom is -0.462 e. The Kier molecular flexibility index (Phi) is 57.4. The van der Waals surface area contributed by atoms with Gasteiger partial charge in [0.15, 0.2) is 6.10 Å². The van der Waals surface area contributed by atoms with Gasteiger partial charge in [-0.15, -0.1) is 0 Å². The monoisotopic (exact) mass is 1010 g/mol. The fourth-order valence-corrected chi connectivity index (χ4v) is 8.22. The second kappa shape index (κ2) is 60.6. The molecule has 0 aromatic rings. The molecule has 0 amide bonds. The van der Waals surface area contributed by atoms with E-state index in [0.717, 1.165) is 122 Å². The van der Waals surface area contributed by atoms with Crippen LogP contribution in [0.2, 0.25) is 0 Å². The molecule has 1 atom stereocenters. The van der Waals surface area contributed by atoms with Crippen LogP contribution in [0.5, 0.6) is 0 Å². The van der Waals surface area contributed by atoms with Crippen LogP contribution < -0.4 is 0 Å². The molecule has 0 N–H and O–H groups in total. The van der Waals surface area contributed by atoms with Crippen LogP contribution >= 0.6 is 0 Å². The summed E-state index contributed by atoms with van der Waals surface area (Å²) in [6.07, 6.45) is 82.8. The van der Waals surface area contributed by atoms with E-state index in [0.29, 0.717) is 19.3 Å². The molecule has 6 nitrogen and oxygen atoms in total. The highest BCUT2D eigenvalue weighted by molar-refractivity contribution is 5.71. The van der Waals surface area contributed by atoms with Crippen molar-refractivity contribution >= 4 is 17.9 Å². The number of hydrogen-bond acceptors (Lipinski definition) is 6. The summed E-state index contributed by atoms with van der Waals surface area (Å²) in [7, 11) is 0. The van der Waals surface area contributed by atoms with Gasteiger partial charge in [-0.05, 0) is 109 Å². The number of hydrogen-bond donors (Lipinski definition) is 0. The van der Waals surface area contributed by atoms with Gasteiger partial charge in [-0.25, -0.2) is 0 Å². The molecule has 73 heavy (non-hydrogen) atoms. The number of rotatable bonds is 54. The molecule has 0 fully saturated rings. The van der Waals surface area contributed by atoms with Gasteiger partial charge in [0, 0.05) is 19.3 Å². The Morgan fingerprint density at radius 1 is 0.288 bits per heavy atom. The van der Waals surface area contributed by atoms with Gasteiger partial charge < -0.3 is 14.2 Å². The van der Waals surface area contributed by atoms with E-state index in [2.05, 4.69) is 130 Å². The van der Waals surface area contributed by atoms with Gasteiger partial charge in [-0.3, -0.25) is 14.4 Å². The van der Waals surface area contributed by atoms with Crippen molar-refractivity contribution < 1.29 is 28.6 Å². The number of allylic oxidation sites excluding steroid dienone is 18. The average molecular weight is 1010 g/mol. The first-order chi connectivity index (χ1) is 36.0. The Morgan fingerprint density at radius 2 is 0.534 bits per heavy atom. The molecule has 0 aliphatic rings. The van der Waals surface area contributed by atoms with Crippen molar-refractivity contribution in [3.8, 4) is 0 Å². The van der Waals surface area contributed by atoms with Crippen LogP contribution in [0.4, 0.5) is 0 Å². The molecular weight excluding hydrogens is 901 g/mol. The van der Waals surface area contributed by atoms with E-state index in [1.807, 2.05) is 0 Å². The van der Waals surface area contributed by atoms with Gasteiger partial charge in [-0.2, -0.15) is 0 Å². The summed E-state index contributed by atoms with van der Waals surface area (Å²) >= 11 is 0. The number of carbonyl (C=O) groups is 3. The normalized spacial score (nSPS) is 12.9. The Balaban J connectivity index is 4.08. The molecule has 0 saturated carbocycles. The second-order valence-electron chi connectivity index (χ2n) is 19.9. The first kappa shape index (κ1) is 69.1. The molecule has 416 valence electrons. The lowest BCUT2D eigenvalue weighted by Crippen LogP contribution is -2.30. The largest absolute Gasteiger partial charge is 0.462 e. The zero-order valence-electron chi connectivity index (χ0n) is 47.6. The van der Waals surface area contributed by atoms with Crippen LogP contribution in [0.25, 0.3) is 0 Å². The maximum Gasteiger partial charge on any atom is 0.306 e. The van der Waals surface area contributed by atoms with Crippen molar-refractivity contribution in [2.75, 3.05) is 13.2 Å². The van der Waals surface area contributed by atoms with E-state index in [4.69, 9.17) is 14.2 Å². The van der Waals surface area contributed by atoms with Crippen molar-refractivity contribution in [3.05, 3.63) is 109 Å². The maximum absolute atomic E-state index is 12.8. The van der Waals surface area contributed by atoms with Crippen LogP contribution in [0.1, 0.15) is 278 Å². The first-order valence-electron chi connectivity index (χ1n) is 30.4. The summed E-state index contributed by atoms with van der Waals surface area (Å²) < 4.78 is 16.7. The molecule has 0 saturated heterocycles. The topological polar surface area (TPSA) is 78.9 Å². The van der Waals surface area contributed by atoms with Crippen molar-refractivity contribution in [1.29, 1.82) is 0 Å². The van der Waals surface area contributed by atoms with Crippen LogP contribution in [0.3, 0.4) is 0 Å². The molecule has 0 spiro atoms. The summed E-state index contributed by atoms with van der Waals surface area (Å²) in [4.78, 5) is 37.8. The summed E-state index contributed by atoms with van der Waals surface area (Å²) in [5.41, 5.74) is 0. The molecule has 6 heteroatoms. The third-order valence-corrected chi connectivity index (χ3v) is 12.8. The summed E-state index contributed by atoms with van der Waals surface area (Å²) in [5, 5.41) is 0. The zero-order chi connectivity index (χ0) is 52.9. The van der Waals surface area contributed by atoms with Gasteiger partial charge >= 0.3 is 17.9 Å². The van der Waals surface area contributed by atoms with E-state index in [1.54, 1.807) is 0 Å². The smallest absolute Gasteiger partial charge is 0.306 e. The summed E-state index contributed by atoms with van der Waals surface area (Å²) in [6.45, 7) is 6.43. The molecule has 0 aromatic carbocycles. The lowest BCUT2D eigenvalue weighted by atomic mass is 10.1. The molecule has 0 aliphatic heterocycles. The fraction of sp³-hybridized carbons (Fsp3) is 0.687. The van der Waals surface area contributed by atoms with Gasteiger partial charge in [0.2, 0.25) is 0 Å². The van der Waals surface area contributed by atoms with Crippen LogP contribution in [-0.2, 0) is 28.6 Å². The molecular formula is C67H112O6. The van der Waals surface area contributed by atoms with E-state index in [1.165, 1.54) is 116 Å². The third kappa shape index (κ3) is 58.8. The van der Waals surface area contributed by atoms with Crippen molar-refractivity contribution in [1.82, 2.24) is 0 Å². The van der Waals surface area contributed by atoms with Gasteiger partial charge in [-0.1, -0.05) is 259 Å². The molecule has 0 rings (SSSR count). The molecule has 0 heterocycles. The maximum atomic E-state index is 12.8. The Morgan fingerprint density at radius 3 is 0.849 bits per heavy atom. The summed E-state index contributed by atoms with van der Waals surface area (Å²) in [5.74, 6) is -0.907. The minimum absolute atomic E-state index is 0.0823. The predicted molar refractivity (Wildman–Crippen MR) is 316 cm³/mol. The number of carbonyl (C=O) groups excluding carboxylic acids is 3.